The monoisotopic (exact) mass is 682 g/mol. The summed E-state index contributed by atoms with van der Waals surface area (Å²) in [7, 11) is 0. The number of carbonyl (C=O) groups is 2. The molecule has 47 heavy (non-hydrogen) atoms. The van der Waals surface area contributed by atoms with Crippen molar-refractivity contribution in [3.05, 3.63) is 46.7 Å². The average molecular weight is 683 g/mol. The van der Waals surface area contributed by atoms with E-state index in [-0.39, 0.29) is 55.5 Å². The van der Waals surface area contributed by atoms with Gasteiger partial charge in [-0.1, -0.05) is 23.7 Å². The zero-order valence-corrected chi connectivity index (χ0v) is 28.3. The molecule has 6 rings (SSSR count). The van der Waals surface area contributed by atoms with Crippen molar-refractivity contribution in [3.63, 3.8) is 0 Å². The SMILES string of the molecule is CC(C)(C)OC(=O)Nc1sc2cccc(-c3c(Cl)cc4c(N5CC6CC[C@@H](C5)N6C(=O)OC(C)(C)C)nc(F)nc4c3F)c2c1C#N. The highest BCUT2D eigenvalue weighted by Gasteiger charge is 2.45. The van der Waals surface area contributed by atoms with Crippen LogP contribution in [0.25, 0.3) is 32.1 Å². The van der Waals surface area contributed by atoms with E-state index in [4.69, 9.17) is 21.1 Å². The lowest BCUT2D eigenvalue weighted by Crippen LogP contribution is -2.57. The summed E-state index contributed by atoms with van der Waals surface area (Å²) in [5, 5.41) is 13.6. The number of hydrogen-bond acceptors (Lipinski definition) is 9. The Labute approximate surface area is 279 Å². The Morgan fingerprint density at radius 3 is 2.34 bits per heavy atom. The Balaban J connectivity index is 1.41. The fourth-order valence-electron chi connectivity index (χ4n) is 6.28. The molecular formula is C33H33ClF2N6O4S. The minimum Gasteiger partial charge on any atom is -0.444 e. The number of rotatable bonds is 3. The number of nitrogens with one attached hydrogen (secondary N) is 1. The zero-order chi connectivity index (χ0) is 34.0. The Hall–Kier alpha value is -4.28. The first-order valence-corrected chi connectivity index (χ1v) is 16.3. The Morgan fingerprint density at radius 1 is 1.06 bits per heavy atom. The highest BCUT2D eigenvalue weighted by atomic mass is 35.5. The molecule has 4 aromatic rings. The quantitative estimate of drug-likeness (QED) is 0.215. The molecule has 2 amide bonds. The van der Waals surface area contributed by atoms with Crippen LogP contribution in [0.1, 0.15) is 59.9 Å². The van der Waals surface area contributed by atoms with E-state index in [1.165, 1.54) is 6.07 Å². The first-order valence-electron chi connectivity index (χ1n) is 15.1. The van der Waals surface area contributed by atoms with Crippen LogP contribution in [0.4, 0.5) is 29.2 Å². The van der Waals surface area contributed by atoms with Crippen molar-refractivity contribution in [2.24, 2.45) is 0 Å². The van der Waals surface area contributed by atoms with Crippen LogP contribution in [-0.2, 0) is 9.47 Å². The van der Waals surface area contributed by atoms with E-state index in [9.17, 15) is 14.9 Å². The van der Waals surface area contributed by atoms with Gasteiger partial charge < -0.3 is 14.4 Å². The number of thiophene rings is 1. The number of hydrogen-bond donors (Lipinski definition) is 1. The third kappa shape index (κ3) is 6.24. The number of amides is 2. The number of fused-ring (bicyclic) bond motifs is 4. The second-order valence-electron chi connectivity index (χ2n) is 13.7. The van der Waals surface area contributed by atoms with Crippen molar-refractivity contribution in [3.8, 4) is 17.2 Å². The van der Waals surface area contributed by atoms with Crippen LogP contribution in [0.15, 0.2) is 24.3 Å². The lowest BCUT2D eigenvalue weighted by molar-refractivity contribution is 0.0122. The molecule has 2 aromatic heterocycles. The summed E-state index contributed by atoms with van der Waals surface area (Å²) in [4.78, 5) is 37.0. The molecule has 2 saturated heterocycles. The van der Waals surface area contributed by atoms with Gasteiger partial charge in [0.15, 0.2) is 5.82 Å². The van der Waals surface area contributed by atoms with Gasteiger partial charge >= 0.3 is 18.3 Å². The summed E-state index contributed by atoms with van der Waals surface area (Å²) in [6.07, 6.45) is -0.774. The highest BCUT2D eigenvalue weighted by molar-refractivity contribution is 7.23. The lowest BCUT2D eigenvalue weighted by atomic mass is 9.97. The van der Waals surface area contributed by atoms with E-state index in [1.807, 2.05) is 25.7 Å². The maximum absolute atomic E-state index is 16.6. The summed E-state index contributed by atoms with van der Waals surface area (Å²) in [5.74, 6) is -0.703. The lowest BCUT2D eigenvalue weighted by Gasteiger charge is -2.42. The topological polar surface area (TPSA) is 121 Å². The molecule has 0 spiro atoms. The normalized spacial score (nSPS) is 18.0. The molecular weight excluding hydrogens is 650 g/mol. The first kappa shape index (κ1) is 32.7. The van der Waals surface area contributed by atoms with E-state index >= 15 is 8.78 Å². The second-order valence-corrected chi connectivity index (χ2v) is 15.1. The molecule has 2 fully saturated rings. The van der Waals surface area contributed by atoms with E-state index in [0.717, 1.165) is 24.2 Å². The maximum atomic E-state index is 16.6. The summed E-state index contributed by atoms with van der Waals surface area (Å²) in [6, 6.07) is 8.26. The van der Waals surface area contributed by atoms with E-state index in [0.29, 0.717) is 23.2 Å². The molecule has 0 aliphatic carbocycles. The predicted octanol–water partition coefficient (Wildman–Crippen LogP) is 8.25. The standard InChI is InChI=1S/C33H33ClF2N6O4S/c1-32(2,3)45-30(43)40-28-20(13-37)23-18(8-7-9-22(23)47-28)24-21(34)12-19-26(25(24)35)38-29(36)39-27(19)41-14-16-10-11-17(15-41)42(16)31(44)46-33(4,5)6/h7-9,12,16-17H,10-11,14-15H2,1-6H3,(H,40,43)/t16-,17?/m0/s1. The van der Waals surface area contributed by atoms with Gasteiger partial charge in [-0.3, -0.25) is 10.2 Å². The van der Waals surface area contributed by atoms with Crippen LogP contribution in [0.2, 0.25) is 5.02 Å². The van der Waals surface area contributed by atoms with Crippen LogP contribution in [0.5, 0.6) is 0 Å². The van der Waals surface area contributed by atoms with Crippen LogP contribution in [-0.4, -0.2) is 63.4 Å². The van der Waals surface area contributed by atoms with Crippen molar-refractivity contribution in [1.82, 2.24) is 14.9 Å². The van der Waals surface area contributed by atoms with E-state index in [2.05, 4.69) is 21.4 Å². The van der Waals surface area contributed by atoms with Gasteiger partial charge in [-0.25, -0.2) is 14.0 Å². The van der Waals surface area contributed by atoms with Gasteiger partial charge in [0.1, 0.15) is 33.6 Å². The van der Waals surface area contributed by atoms with Gasteiger partial charge in [0.2, 0.25) is 0 Å². The van der Waals surface area contributed by atoms with Gasteiger partial charge in [0, 0.05) is 34.1 Å². The molecule has 2 atom stereocenters. The average Bonchev–Trinajstić information content (AvgIpc) is 3.44. The molecule has 14 heteroatoms. The minimum absolute atomic E-state index is 0.00561. The Kier molecular flexibility index (Phi) is 8.17. The van der Waals surface area contributed by atoms with E-state index in [1.54, 1.807) is 43.9 Å². The smallest absolute Gasteiger partial charge is 0.412 e. The number of aromatic nitrogens is 2. The third-order valence-corrected chi connectivity index (χ3v) is 9.30. The van der Waals surface area contributed by atoms with Gasteiger partial charge in [0.05, 0.1) is 22.7 Å². The number of carbonyl (C=O) groups excluding carboxylic acids is 2. The Bertz CT molecular complexity index is 1970. The summed E-state index contributed by atoms with van der Waals surface area (Å²) < 4.78 is 43.2. The summed E-state index contributed by atoms with van der Waals surface area (Å²) in [5.41, 5.74) is -1.37. The van der Waals surface area contributed by atoms with Crippen molar-refractivity contribution < 1.29 is 27.8 Å². The van der Waals surface area contributed by atoms with Crippen LogP contribution < -0.4 is 10.2 Å². The van der Waals surface area contributed by atoms with Gasteiger partial charge in [0.25, 0.3) is 0 Å². The van der Waals surface area contributed by atoms with Crippen molar-refractivity contribution >= 4 is 66.9 Å². The number of nitriles is 1. The van der Waals surface area contributed by atoms with Crippen molar-refractivity contribution in [1.29, 1.82) is 5.26 Å². The fourth-order valence-corrected chi connectivity index (χ4v) is 7.64. The molecule has 2 aromatic carbocycles. The molecule has 4 heterocycles. The van der Waals surface area contributed by atoms with Crippen molar-refractivity contribution in [2.75, 3.05) is 23.3 Å². The molecule has 2 bridgehead atoms. The van der Waals surface area contributed by atoms with Crippen molar-refractivity contribution in [2.45, 2.75) is 77.7 Å². The zero-order valence-electron chi connectivity index (χ0n) is 26.7. The highest BCUT2D eigenvalue weighted by Crippen LogP contribution is 2.46. The van der Waals surface area contributed by atoms with Gasteiger partial charge in [-0.05, 0) is 72.1 Å². The van der Waals surface area contributed by atoms with Gasteiger partial charge in [-0.2, -0.15) is 19.6 Å². The molecule has 0 saturated carbocycles. The van der Waals surface area contributed by atoms with Crippen LogP contribution in [0, 0.1) is 23.2 Å². The number of piperazine rings is 1. The van der Waals surface area contributed by atoms with E-state index < -0.39 is 35.3 Å². The number of anilines is 2. The second kappa shape index (κ2) is 11.8. The van der Waals surface area contributed by atoms with Crippen LogP contribution >= 0.6 is 22.9 Å². The van der Waals surface area contributed by atoms with Gasteiger partial charge in [-0.15, -0.1) is 11.3 Å². The Morgan fingerprint density at radius 2 is 1.72 bits per heavy atom. The number of nitrogens with zero attached hydrogens (tertiary/aromatic N) is 5. The molecule has 0 radical (unpaired) electrons. The largest absolute Gasteiger partial charge is 0.444 e. The number of halogens is 3. The predicted molar refractivity (Wildman–Crippen MR) is 177 cm³/mol. The molecule has 2 aliphatic rings. The number of ether oxygens (including phenoxy) is 2. The first-order chi connectivity index (χ1) is 22.0. The maximum Gasteiger partial charge on any atom is 0.412 e. The fraction of sp³-hybridized carbons (Fsp3) is 0.424. The molecule has 2 aliphatic heterocycles. The molecule has 10 nitrogen and oxygen atoms in total. The third-order valence-electron chi connectivity index (χ3n) is 7.93. The summed E-state index contributed by atoms with van der Waals surface area (Å²) in [6.45, 7) is 11.3. The van der Waals surface area contributed by atoms with Crippen LogP contribution in [0.3, 0.4) is 0 Å². The summed E-state index contributed by atoms with van der Waals surface area (Å²) >= 11 is 7.94. The molecule has 246 valence electrons. The molecule has 1 unspecified atom stereocenters. The minimum atomic E-state index is -1.11. The molecule has 1 N–H and O–H groups in total. The number of benzene rings is 2.